The molecule has 0 aliphatic carbocycles. The molecule has 2 aromatic carbocycles. The standard InChI is InChI=1S/C23H18N4O3/c1-14-11-22(28)26-27(14)17-7-5-16(6-8-17)24-13-19-18-9-4-15(21-3-2-10-30-21)12-20(18)25-23(19)29/h2-13,24H,1H3,(H,25,29)(H,26,28). The van der Waals surface area contributed by atoms with Crippen LogP contribution in [-0.4, -0.2) is 15.7 Å². The topological polar surface area (TPSA) is 92.1 Å². The number of rotatable bonds is 4. The number of nitrogens with zero attached hydrogens (tertiary/aromatic N) is 1. The van der Waals surface area contributed by atoms with Gasteiger partial charge in [-0.3, -0.25) is 19.4 Å². The number of fused-ring (bicyclic) bond motifs is 1. The maximum absolute atomic E-state index is 12.4. The van der Waals surface area contributed by atoms with Crippen molar-refractivity contribution < 1.29 is 9.21 Å². The molecule has 0 radical (unpaired) electrons. The summed E-state index contributed by atoms with van der Waals surface area (Å²) in [5, 5.41) is 8.83. The molecule has 3 heterocycles. The molecule has 0 saturated heterocycles. The highest BCUT2D eigenvalue weighted by Crippen LogP contribution is 2.35. The van der Waals surface area contributed by atoms with Crippen molar-refractivity contribution in [2.45, 2.75) is 6.92 Å². The Kier molecular flexibility index (Phi) is 4.14. The molecule has 1 amide bonds. The predicted octanol–water partition coefficient (Wildman–Crippen LogP) is 4.14. The third kappa shape index (κ3) is 3.12. The van der Waals surface area contributed by atoms with Gasteiger partial charge in [0, 0.05) is 40.5 Å². The third-order valence-electron chi connectivity index (χ3n) is 5.03. The fraction of sp³-hybridized carbons (Fsp3) is 0.0435. The van der Waals surface area contributed by atoms with Crippen LogP contribution >= 0.6 is 0 Å². The van der Waals surface area contributed by atoms with E-state index in [2.05, 4.69) is 15.7 Å². The molecule has 7 heteroatoms. The van der Waals surface area contributed by atoms with E-state index in [1.54, 1.807) is 23.2 Å². The number of amides is 1. The van der Waals surface area contributed by atoms with E-state index >= 15 is 0 Å². The first-order valence-electron chi connectivity index (χ1n) is 9.44. The van der Waals surface area contributed by atoms with E-state index in [0.717, 1.165) is 39.6 Å². The van der Waals surface area contributed by atoms with E-state index in [9.17, 15) is 9.59 Å². The fourth-order valence-electron chi connectivity index (χ4n) is 3.55. The summed E-state index contributed by atoms with van der Waals surface area (Å²) in [6.45, 7) is 1.86. The number of aromatic nitrogens is 2. The Labute approximate surface area is 171 Å². The van der Waals surface area contributed by atoms with Crippen LogP contribution in [0.2, 0.25) is 0 Å². The summed E-state index contributed by atoms with van der Waals surface area (Å²) in [6.07, 6.45) is 3.32. The first kappa shape index (κ1) is 17.8. The van der Waals surface area contributed by atoms with Crippen molar-refractivity contribution in [3.05, 3.63) is 94.7 Å². The Balaban J connectivity index is 1.38. The average Bonchev–Trinajstić information content (AvgIpc) is 3.45. The lowest BCUT2D eigenvalue weighted by Gasteiger charge is -2.07. The van der Waals surface area contributed by atoms with Crippen LogP contribution in [0.3, 0.4) is 0 Å². The van der Waals surface area contributed by atoms with Crippen molar-refractivity contribution in [3.8, 4) is 17.0 Å². The van der Waals surface area contributed by atoms with Crippen molar-refractivity contribution in [2.75, 3.05) is 10.6 Å². The monoisotopic (exact) mass is 398 g/mol. The number of anilines is 2. The number of furan rings is 1. The van der Waals surface area contributed by atoms with Crippen LogP contribution in [0.5, 0.6) is 0 Å². The van der Waals surface area contributed by atoms with Crippen LogP contribution in [-0.2, 0) is 4.79 Å². The molecule has 2 aromatic heterocycles. The Bertz CT molecular complexity index is 1330. The van der Waals surface area contributed by atoms with E-state index < -0.39 is 0 Å². The van der Waals surface area contributed by atoms with Crippen molar-refractivity contribution >= 4 is 22.9 Å². The molecule has 7 nitrogen and oxygen atoms in total. The van der Waals surface area contributed by atoms with Gasteiger partial charge in [-0.05, 0) is 49.4 Å². The molecule has 1 aliphatic heterocycles. The van der Waals surface area contributed by atoms with Crippen LogP contribution in [0.1, 0.15) is 11.3 Å². The summed E-state index contributed by atoms with van der Waals surface area (Å²) >= 11 is 0. The first-order chi connectivity index (χ1) is 14.6. The summed E-state index contributed by atoms with van der Waals surface area (Å²) < 4.78 is 7.15. The van der Waals surface area contributed by atoms with Crippen molar-refractivity contribution in [1.29, 1.82) is 0 Å². The smallest absolute Gasteiger partial charge is 0.264 e. The number of carbonyl (C=O) groups is 1. The molecule has 0 bridgehead atoms. The summed E-state index contributed by atoms with van der Waals surface area (Å²) in [7, 11) is 0. The van der Waals surface area contributed by atoms with Gasteiger partial charge in [-0.2, -0.15) is 0 Å². The second-order valence-corrected chi connectivity index (χ2v) is 7.04. The predicted molar refractivity (Wildman–Crippen MR) is 116 cm³/mol. The Morgan fingerprint density at radius 3 is 2.57 bits per heavy atom. The zero-order valence-electron chi connectivity index (χ0n) is 16.1. The molecule has 0 atom stereocenters. The van der Waals surface area contributed by atoms with Gasteiger partial charge < -0.3 is 15.1 Å². The number of H-pyrrole nitrogens is 1. The van der Waals surface area contributed by atoms with Gasteiger partial charge >= 0.3 is 0 Å². The molecule has 0 fully saturated rings. The number of nitrogens with one attached hydrogen (secondary N) is 3. The van der Waals surface area contributed by atoms with Crippen molar-refractivity contribution in [2.24, 2.45) is 0 Å². The molecule has 30 heavy (non-hydrogen) atoms. The van der Waals surface area contributed by atoms with E-state index in [1.807, 2.05) is 61.5 Å². The molecule has 0 saturated carbocycles. The number of aromatic amines is 1. The maximum Gasteiger partial charge on any atom is 0.264 e. The molecule has 0 unspecified atom stereocenters. The highest BCUT2D eigenvalue weighted by molar-refractivity contribution is 6.31. The SMILES string of the molecule is Cc1cc(=O)[nH]n1-c1ccc(NC=C2C(=O)Nc3cc(-c4ccco4)ccc32)cc1. The van der Waals surface area contributed by atoms with Gasteiger partial charge in [0.05, 0.1) is 17.5 Å². The van der Waals surface area contributed by atoms with E-state index in [0.29, 0.717) is 5.57 Å². The maximum atomic E-state index is 12.4. The zero-order valence-corrected chi connectivity index (χ0v) is 16.1. The molecule has 5 rings (SSSR count). The van der Waals surface area contributed by atoms with Gasteiger partial charge in [-0.15, -0.1) is 0 Å². The van der Waals surface area contributed by atoms with Gasteiger partial charge in [-0.25, -0.2) is 0 Å². The minimum Gasteiger partial charge on any atom is -0.464 e. The Hall–Kier alpha value is -4.26. The summed E-state index contributed by atoms with van der Waals surface area (Å²) in [4.78, 5) is 23.9. The van der Waals surface area contributed by atoms with Crippen molar-refractivity contribution in [3.63, 3.8) is 0 Å². The number of benzene rings is 2. The average molecular weight is 398 g/mol. The van der Waals surface area contributed by atoms with E-state index in [-0.39, 0.29) is 11.5 Å². The van der Waals surface area contributed by atoms with Crippen LogP contribution in [0.25, 0.3) is 22.6 Å². The molecular formula is C23H18N4O3. The molecule has 1 aliphatic rings. The van der Waals surface area contributed by atoms with E-state index in [1.165, 1.54) is 0 Å². The number of aryl methyl sites for hydroxylation is 1. The second-order valence-electron chi connectivity index (χ2n) is 7.04. The van der Waals surface area contributed by atoms with Gasteiger partial charge in [0.15, 0.2) is 0 Å². The Morgan fingerprint density at radius 2 is 1.87 bits per heavy atom. The quantitative estimate of drug-likeness (QED) is 0.451. The molecule has 148 valence electrons. The van der Waals surface area contributed by atoms with Gasteiger partial charge in [0.2, 0.25) is 0 Å². The van der Waals surface area contributed by atoms with Gasteiger partial charge in [0.1, 0.15) is 5.76 Å². The fourth-order valence-corrected chi connectivity index (χ4v) is 3.55. The Morgan fingerprint density at radius 1 is 1.03 bits per heavy atom. The first-order valence-corrected chi connectivity index (χ1v) is 9.44. The van der Waals surface area contributed by atoms with Gasteiger partial charge in [-0.1, -0.05) is 12.1 Å². The van der Waals surface area contributed by atoms with Gasteiger partial charge in [0.25, 0.3) is 11.5 Å². The van der Waals surface area contributed by atoms with Crippen LogP contribution in [0, 0.1) is 6.92 Å². The largest absolute Gasteiger partial charge is 0.464 e. The number of hydrogen-bond donors (Lipinski definition) is 3. The normalized spacial score (nSPS) is 14.0. The molecule has 4 aromatic rings. The van der Waals surface area contributed by atoms with Crippen molar-refractivity contribution in [1.82, 2.24) is 9.78 Å². The number of carbonyl (C=O) groups excluding carboxylic acids is 1. The third-order valence-corrected chi connectivity index (χ3v) is 5.03. The summed E-state index contributed by atoms with van der Waals surface area (Å²) in [6, 6.07) is 18.6. The van der Waals surface area contributed by atoms with E-state index in [4.69, 9.17) is 4.42 Å². The van der Waals surface area contributed by atoms with Crippen LogP contribution < -0.4 is 16.2 Å². The summed E-state index contributed by atoms with van der Waals surface area (Å²) in [5.41, 5.74) is 5.42. The van der Waals surface area contributed by atoms with Crippen LogP contribution in [0.4, 0.5) is 11.4 Å². The second kappa shape index (κ2) is 6.97. The lowest BCUT2D eigenvalue weighted by molar-refractivity contribution is -0.110. The van der Waals surface area contributed by atoms with Crippen LogP contribution in [0.15, 0.2) is 82.3 Å². The number of hydrogen-bond acceptors (Lipinski definition) is 4. The molecule has 0 spiro atoms. The zero-order chi connectivity index (χ0) is 20.7. The minimum absolute atomic E-state index is 0.138. The highest BCUT2D eigenvalue weighted by atomic mass is 16.3. The molecule has 3 N–H and O–H groups in total. The summed E-state index contributed by atoms with van der Waals surface area (Å²) in [5.74, 6) is 0.591. The lowest BCUT2D eigenvalue weighted by Crippen LogP contribution is -2.05. The minimum atomic E-state index is -0.161. The lowest BCUT2D eigenvalue weighted by atomic mass is 10.0. The molecular weight excluding hydrogens is 380 g/mol. The highest BCUT2D eigenvalue weighted by Gasteiger charge is 2.24.